The molecule has 6 heteroatoms. The van der Waals surface area contributed by atoms with Crippen LogP contribution < -0.4 is 10.1 Å². The van der Waals surface area contributed by atoms with Crippen molar-refractivity contribution >= 4 is 5.84 Å². The van der Waals surface area contributed by atoms with Crippen molar-refractivity contribution in [3.63, 3.8) is 0 Å². The molecule has 22 heavy (non-hydrogen) atoms. The number of aliphatic imine (C=N–C) groups is 1. The van der Waals surface area contributed by atoms with Crippen molar-refractivity contribution in [2.24, 2.45) is 4.99 Å². The maximum atomic E-state index is 14.2. The first-order chi connectivity index (χ1) is 10.8. The van der Waals surface area contributed by atoms with Gasteiger partial charge in [0.2, 0.25) is 0 Å². The van der Waals surface area contributed by atoms with Gasteiger partial charge < -0.3 is 14.8 Å². The molecule has 0 amide bonds. The molecule has 1 aromatic rings. The Morgan fingerprint density at radius 2 is 2.18 bits per heavy atom. The van der Waals surface area contributed by atoms with Gasteiger partial charge in [0.05, 0.1) is 18.8 Å². The summed E-state index contributed by atoms with van der Waals surface area (Å²) >= 11 is 0. The number of nitrogens with zero attached hydrogens (tertiary/aromatic N) is 2. The molecule has 0 spiro atoms. The van der Waals surface area contributed by atoms with Crippen LogP contribution in [0.5, 0.6) is 5.75 Å². The number of morpholine rings is 1. The Morgan fingerprint density at radius 1 is 1.32 bits per heavy atom. The van der Waals surface area contributed by atoms with Crippen LogP contribution >= 0.6 is 0 Å². The molecule has 0 aliphatic carbocycles. The molecule has 5 nitrogen and oxygen atoms in total. The van der Waals surface area contributed by atoms with Crippen LogP contribution in [0.4, 0.5) is 4.39 Å². The van der Waals surface area contributed by atoms with Crippen LogP contribution in [0.25, 0.3) is 0 Å². The maximum absolute atomic E-state index is 14.2. The zero-order chi connectivity index (χ0) is 15.2. The van der Waals surface area contributed by atoms with Gasteiger partial charge in [-0.15, -0.1) is 0 Å². The van der Waals surface area contributed by atoms with Crippen molar-refractivity contribution in [1.82, 2.24) is 10.2 Å². The standard InChI is InChI=1S/C16H22FN3O2/c17-13-3-1-4-14(15(13)16-18-5-2-6-19-16)22-12-9-20-7-10-21-11-8-20/h1,3-4H,2,5-12H2,(H,18,19). The molecule has 0 radical (unpaired) electrons. The Balaban J connectivity index is 1.65. The molecular formula is C16H22FN3O2. The molecule has 0 unspecified atom stereocenters. The quantitative estimate of drug-likeness (QED) is 0.890. The van der Waals surface area contributed by atoms with E-state index in [2.05, 4.69) is 15.2 Å². The molecule has 2 heterocycles. The normalized spacial score (nSPS) is 19.4. The summed E-state index contributed by atoms with van der Waals surface area (Å²) in [5.41, 5.74) is 0.448. The highest BCUT2D eigenvalue weighted by atomic mass is 19.1. The van der Waals surface area contributed by atoms with E-state index in [4.69, 9.17) is 9.47 Å². The highest BCUT2D eigenvalue weighted by Crippen LogP contribution is 2.22. The Hall–Kier alpha value is -1.66. The fourth-order valence-corrected chi connectivity index (χ4v) is 2.66. The summed E-state index contributed by atoms with van der Waals surface area (Å²) in [5.74, 6) is 0.865. The predicted octanol–water partition coefficient (Wildman–Crippen LogP) is 1.28. The summed E-state index contributed by atoms with van der Waals surface area (Å²) in [6, 6.07) is 4.92. The first-order valence-corrected chi connectivity index (χ1v) is 7.85. The summed E-state index contributed by atoms with van der Waals surface area (Å²) in [4.78, 5) is 6.67. The Labute approximate surface area is 130 Å². The maximum Gasteiger partial charge on any atom is 0.137 e. The largest absolute Gasteiger partial charge is 0.491 e. The molecule has 1 aromatic carbocycles. The number of benzene rings is 1. The van der Waals surface area contributed by atoms with Crippen molar-refractivity contribution in [3.8, 4) is 5.75 Å². The van der Waals surface area contributed by atoms with E-state index in [0.717, 1.165) is 52.4 Å². The molecule has 1 fully saturated rings. The molecule has 2 aliphatic rings. The van der Waals surface area contributed by atoms with Crippen LogP contribution in [0.15, 0.2) is 23.2 Å². The minimum atomic E-state index is -0.294. The summed E-state index contributed by atoms with van der Waals surface area (Å²) in [6.45, 7) is 6.28. The van der Waals surface area contributed by atoms with Crippen LogP contribution in [0.2, 0.25) is 0 Å². The lowest BCUT2D eigenvalue weighted by atomic mass is 10.1. The van der Waals surface area contributed by atoms with Gasteiger partial charge in [0.1, 0.15) is 24.0 Å². The first kappa shape index (κ1) is 15.2. The number of ether oxygens (including phenoxy) is 2. The van der Waals surface area contributed by atoms with Gasteiger partial charge in [0.15, 0.2) is 0 Å². The van der Waals surface area contributed by atoms with Gasteiger partial charge in [-0.3, -0.25) is 9.89 Å². The molecular weight excluding hydrogens is 285 g/mol. The fourth-order valence-electron chi connectivity index (χ4n) is 2.66. The van der Waals surface area contributed by atoms with Crippen LogP contribution in [-0.2, 0) is 4.74 Å². The van der Waals surface area contributed by atoms with Crippen molar-refractivity contribution in [2.45, 2.75) is 6.42 Å². The van der Waals surface area contributed by atoms with Crippen molar-refractivity contribution in [3.05, 3.63) is 29.6 Å². The third kappa shape index (κ3) is 3.75. The number of hydrogen-bond acceptors (Lipinski definition) is 5. The monoisotopic (exact) mass is 307 g/mol. The molecule has 0 atom stereocenters. The fraction of sp³-hybridized carbons (Fsp3) is 0.562. The minimum absolute atomic E-state index is 0.294. The van der Waals surface area contributed by atoms with E-state index in [1.54, 1.807) is 12.1 Å². The van der Waals surface area contributed by atoms with Gasteiger partial charge in [-0.25, -0.2) is 4.39 Å². The minimum Gasteiger partial charge on any atom is -0.491 e. The zero-order valence-electron chi connectivity index (χ0n) is 12.7. The van der Waals surface area contributed by atoms with Crippen molar-refractivity contribution < 1.29 is 13.9 Å². The third-order valence-corrected chi connectivity index (χ3v) is 3.88. The lowest BCUT2D eigenvalue weighted by molar-refractivity contribution is 0.0322. The van der Waals surface area contributed by atoms with E-state index in [-0.39, 0.29) is 5.82 Å². The summed E-state index contributed by atoms with van der Waals surface area (Å²) in [7, 11) is 0. The molecule has 120 valence electrons. The topological polar surface area (TPSA) is 46.1 Å². The Morgan fingerprint density at radius 3 is 2.95 bits per heavy atom. The molecule has 0 aromatic heterocycles. The van der Waals surface area contributed by atoms with E-state index in [1.807, 2.05) is 0 Å². The van der Waals surface area contributed by atoms with E-state index in [0.29, 0.717) is 23.8 Å². The molecule has 3 rings (SSSR count). The summed E-state index contributed by atoms with van der Waals surface area (Å²) in [6.07, 6.45) is 0.977. The van der Waals surface area contributed by atoms with Crippen molar-refractivity contribution in [1.29, 1.82) is 0 Å². The van der Waals surface area contributed by atoms with Crippen LogP contribution in [0.3, 0.4) is 0 Å². The van der Waals surface area contributed by atoms with Crippen molar-refractivity contribution in [2.75, 3.05) is 52.5 Å². The molecule has 0 bridgehead atoms. The third-order valence-electron chi connectivity index (χ3n) is 3.88. The number of hydrogen-bond donors (Lipinski definition) is 1. The van der Waals surface area contributed by atoms with E-state index >= 15 is 0 Å². The molecule has 2 aliphatic heterocycles. The van der Waals surface area contributed by atoms with Crippen LogP contribution in [0.1, 0.15) is 12.0 Å². The Kier molecular flexibility index (Phi) is 5.24. The second-order valence-corrected chi connectivity index (χ2v) is 5.43. The zero-order valence-corrected chi connectivity index (χ0v) is 12.7. The number of rotatable bonds is 5. The number of nitrogens with one attached hydrogen (secondary N) is 1. The molecule has 1 saturated heterocycles. The first-order valence-electron chi connectivity index (χ1n) is 7.85. The van der Waals surface area contributed by atoms with Gasteiger partial charge in [0, 0.05) is 32.7 Å². The second kappa shape index (κ2) is 7.56. The number of halogens is 1. The van der Waals surface area contributed by atoms with Gasteiger partial charge >= 0.3 is 0 Å². The van der Waals surface area contributed by atoms with E-state index in [1.165, 1.54) is 6.07 Å². The van der Waals surface area contributed by atoms with E-state index in [9.17, 15) is 4.39 Å². The predicted molar refractivity (Wildman–Crippen MR) is 83.2 cm³/mol. The van der Waals surface area contributed by atoms with Crippen LogP contribution in [-0.4, -0.2) is 63.3 Å². The number of amidine groups is 1. The van der Waals surface area contributed by atoms with Gasteiger partial charge in [-0.2, -0.15) is 0 Å². The lowest BCUT2D eigenvalue weighted by Gasteiger charge is -2.26. The smallest absolute Gasteiger partial charge is 0.137 e. The summed E-state index contributed by atoms with van der Waals surface area (Å²) in [5, 5.41) is 3.16. The molecule has 0 saturated carbocycles. The van der Waals surface area contributed by atoms with Gasteiger partial charge in [0.25, 0.3) is 0 Å². The highest BCUT2D eigenvalue weighted by Gasteiger charge is 2.18. The Bertz CT molecular complexity index is 530. The second-order valence-electron chi connectivity index (χ2n) is 5.43. The summed E-state index contributed by atoms with van der Waals surface area (Å²) < 4.78 is 25.3. The van der Waals surface area contributed by atoms with Crippen LogP contribution in [0, 0.1) is 5.82 Å². The average molecular weight is 307 g/mol. The SMILES string of the molecule is Fc1cccc(OCCN2CCOCC2)c1C1=NCCCN1. The van der Waals surface area contributed by atoms with Gasteiger partial charge in [-0.05, 0) is 18.6 Å². The van der Waals surface area contributed by atoms with Gasteiger partial charge in [-0.1, -0.05) is 6.07 Å². The molecule has 1 N–H and O–H groups in total. The van der Waals surface area contributed by atoms with E-state index < -0.39 is 0 Å². The average Bonchev–Trinajstić information content (AvgIpc) is 2.57. The lowest BCUT2D eigenvalue weighted by Crippen LogP contribution is -2.38. The highest BCUT2D eigenvalue weighted by molar-refractivity contribution is 6.01.